The molecule has 0 unspecified atom stereocenters. The fourth-order valence-electron chi connectivity index (χ4n) is 2.37. The van der Waals surface area contributed by atoms with Crippen molar-refractivity contribution in [3.05, 3.63) is 41.0 Å². The van der Waals surface area contributed by atoms with E-state index >= 15 is 0 Å². The van der Waals surface area contributed by atoms with Gasteiger partial charge < -0.3 is 5.11 Å². The van der Waals surface area contributed by atoms with Crippen LogP contribution in [-0.4, -0.2) is 10.9 Å². The van der Waals surface area contributed by atoms with Gasteiger partial charge in [0.25, 0.3) is 0 Å². The first kappa shape index (κ1) is 8.48. The van der Waals surface area contributed by atoms with Gasteiger partial charge in [0.15, 0.2) is 5.78 Å². The highest BCUT2D eigenvalue weighted by molar-refractivity contribution is 6.17. The number of carbonyl (C=O) groups excluding carboxylic acids is 1. The summed E-state index contributed by atoms with van der Waals surface area (Å²) in [6.45, 7) is 1.80. The van der Waals surface area contributed by atoms with E-state index in [9.17, 15) is 9.90 Å². The zero-order chi connectivity index (χ0) is 10.6. The zero-order valence-corrected chi connectivity index (χ0v) is 8.37. The van der Waals surface area contributed by atoms with E-state index in [0.29, 0.717) is 17.5 Å². The molecule has 0 aromatic heterocycles. The summed E-state index contributed by atoms with van der Waals surface area (Å²) in [6.07, 6.45) is 0.469. The quantitative estimate of drug-likeness (QED) is 0.706. The lowest BCUT2D eigenvalue weighted by molar-refractivity contribution is 0.0999. The van der Waals surface area contributed by atoms with Gasteiger partial charge in [-0.15, -0.1) is 0 Å². The van der Waals surface area contributed by atoms with E-state index in [-0.39, 0.29) is 11.5 Å². The second kappa shape index (κ2) is 2.60. The summed E-state index contributed by atoms with van der Waals surface area (Å²) in [6, 6.07) is 7.57. The highest BCUT2D eigenvalue weighted by Gasteiger charge is 2.24. The average Bonchev–Trinajstić information content (AvgIpc) is 2.53. The van der Waals surface area contributed by atoms with Crippen LogP contribution in [0.2, 0.25) is 0 Å². The Balaban J connectivity index is 2.59. The minimum atomic E-state index is 0.120. The molecule has 1 aliphatic rings. The number of Topliss-reactive ketones (excluding diaryl/α,β-unsaturated/α-hetero) is 1. The van der Waals surface area contributed by atoms with Gasteiger partial charge in [-0.1, -0.05) is 18.2 Å². The number of ketones is 1. The number of phenols is 1. The van der Waals surface area contributed by atoms with Crippen LogP contribution in [0, 0.1) is 6.92 Å². The second-order valence-corrected chi connectivity index (χ2v) is 4.01. The number of rotatable bonds is 0. The molecule has 74 valence electrons. The molecule has 2 nitrogen and oxygen atoms in total. The van der Waals surface area contributed by atoms with Gasteiger partial charge in [0.05, 0.1) is 0 Å². The van der Waals surface area contributed by atoms with Crippen molar-refractivity contribution in [2.75, 3.05) is 0 Å². The Morgan fingerprint density at radius 3 is 2.93 bits per heavy atom. The van der Waals surface area contributed by atoms with Crippen LogP contribution in [-0.2, 0) is 6.42 Å². The summed E-state index contributed by atoms with van der Waals surface area (Å²) >= 11 is 0. The Labute approximate surface area is 87.2 Å². The van der Waals surface area contributed by atoms with Gasteiger partial charge in [-0.2, -0.15) is 0 Å². The van der Waals surface area contributed by atoms with Crippen LogP contribution >= 0.6 is 0 Å². The van der Waals surface area contributed by atoms with Gasteiger partial charge >= 0.3 is 0 Å². The third-order valence-corrected chi connectivity index (χ3v) is 3.11. The van der Waals surface area contributed by atoms with E-state index in [1.807, 2.05) is 18.2 Å². The SMILES string of the molecule is Cc1c(O)cc2cccc3c2c1C(=O)C3. The Bertz CT molecular complexity index is 597. The van der Waals surface area contributed by atoms with Crippen molar-refractivity contribution in [1.29, 1.82) is 0 Å². The van der Waals surface area contributed by atoms with Gasteiger partial charge in [-0.3, -0.25) is 4.79 Å². The first-order valence-electron chi connectivity index (χ1n) is 4.96. The molecule has 0 saturated heterocycles. The molecule has 2 aromatic rings. The monoisotopic (exact) mass is 198 g/mol. The normalized spacial score (nSPS) is 13.8. The summed E-state index contributed by atoms with van der Waals surface area (Å²) < 4.78 is 0. The van der Waals surface area contributed by atoms with E-state index in [2.05, 4.69) is 0 Å². The molecule has 0 radical (unpaired) electrons. The summed E-state index contributed by atoms with van der Waals surface area (Å²) in [5, 5.41) is 11.7. The molecule has 0 spiro atoms. The van der Waals surface area contributed by atoms with Crippen molar-refractivity contribution in [3.8, 4) is 5.75 Å². The third-order valence-electron chi connectivity index (χ3n) is 3.11. The molecule has 0 saturated carbocycles. The molecule has 0 fully saturated rings. The number of phenolic OH excluding ortho intramolecular Hbond substituents is 1. The van der Waals surface area contributed by atoms with Gasteiger partial charge in [0, 0.05) is 17.5 Å². The van der Waals surface area contributed by atoms with E-state index in [0.717, 1.165) is 16.3 Å². The van der Waals surface area contributed by atoms with Crippen LogP contribution in [0.3, 0.4) is 0 Å². The van der Waals surface area contributed by atoms with Crippen LogP contribution in [0.4, 0.5) is 0 Å². The minimum absolute atomic E-state index is 0.120. The Kier molecular flexibility index (Phi) is 1.47. The highest BCUT2D eigenvalue weighted by atomic mass is 16.3. The Morgan fingerprint density at radius 2 is 2.13 bits per heavy atom. The molecule has 3 rings (SSSR count). The van der Waals surface area contributed by atoms with Crippen molar-refractivity contribution in [2.24, 2.45) is 0 Å². The molecular weight excluding hydrogens is 188 g/mol. The van der Waals surface area contributed by atoms with Crippen LogP contribution in [0.15, 0.2) is 24.3 Å². The largest absolute Gasteiger partial charge is 0.508 e. The fourth-order valence-corrected chi connectivity index (χ4v) is 2.37. The first-order chi connectivity index (χ1) is 7.18. The lowest BCUT2D eigenvalue weighted by atomic mass is 10.00. The molecular formula is C13H10O2. The predicted octanol–water partition coefficient (Wildman–Crippen LogP) is 2.59. The molecule has 0 atom stereocenters. The molecule has 2 heteroatoms. The number of hydrogen-bond donors (Lipinski definition) is 1. The van der Waals surface area contributed by atoms with Crippen LogP contribution in [0.1, 0.15) is 21.5 Å². The predicted molar refractivity (Wildman–Crippen MR) is 58.4 cm³/mol. The summed E-state index contributed by atoms with van der Waals surface area (Å²) in [7, 11) is 0. The van der Waals surface area contributed by atoms with Crippen LogP contribution in [0.25, 0.3) is 10.8 Å². The highest BCUT2D eigenvalue weighted by Crippen LogP contribution is 2.36. The number of carbonyl (C=O) groups is 1. The van der Waals surface area contributed by atoms with Gasteiger partial charge in [0.2, 0.25) is 0 Å². The molecule has 2 aromatic carbocycles. The van der Waals surface area contributed by atoms with E-state index in [4.69, 9.17) is 0 Å². The maximum absolute atomic E-state index is 11.8. The Hall–Kier alpha value is -1.83. The lowest BCUT2D eigenvalue weighted by Gasteiger charge is -2.06. The molecule has 1 N–H and O–H groups in total. The smallest absolute Gasteiger partial charge is 0.168 e. The fraction of sp³-hybridized carbons (Fsp3) is 0.154. The van der Waals surface area contributed by atoms with Gasteiger partial charge in [-0.25, -0.2) is 0 Å². The molecule has 15 heavy (non-hydrogen) atoms. The molecule has 0 amide bonds. The topological polar surface area (TPSA) is 37.3 Å². The summed E-state index contributed by atoms with van der Waals surface area (Å²) in [4.78, 5) is 11.8. The van der Waals surface area contributed by atoms with Crippen molar-refractivity contribution in [3.63, 3.8) is 0 Å². The van der Waals surface area contributed by atoms with Crippen LogP contribution in [0.5, 0.6) is 5.75 Å². The van der Waals surface area contributed by atoms with E-state index in [1.54, 1.807) is 13.0 Å². The van der Waals surface area contributed by atoms with Crippen molar-refractivity contribution in [2.45, 2.75) is 13.3 Å². The van der Waals surface area contributed by atoms with Gasteiger partial charge in [-0.05, 0) is 29.3 Å². The van der Waals surface area contributed by atoms with Crippen molar-refractivity contribution < 1.29 is 9.90 Å². The third kappa shape index (κ3) is 0.962. The van der Waals surface area contributed by atoms with Gasteiger partial charge in [0.1, 0.15) is 5.75 Å². The minimum Gasteiger partial charge on any atom is -0.508 e. The first-order valence-corrected chi connectivity index (χ1v) is 4.96. The molecule has 0 bridgehead atoms. The Morgan fingerprint density at radius 1 is 1.33 bits per heavy atom. The summed E-state index contributed by atoms with van der Waals surface area (Å²) in [5.74, 6) is 0.333. The average molecular weight is 198 g/mol. The number of hydrogen-bond acceptors (Lipinski definition) is 2. The molecule has 0 aliphatic heterocycles. The van der Waals surface area contributed by atoms with Crippen molar-refractivity contribution >= 4 is 16.6 Å². The number of aromatic hydroxyl groups is 1. The standard InChI is InChI=1S/C13H10O2/c1-7-10(14)5-8-3-2-4-9-6-11(15)12(7)13(8)9/h2-5,14H,6H2,1H3. The van der Waals surface area contributed by atoms with Crippen molar-refractivity contribution in [1.82, 2.24) is 0 Å². The maximum Gasteiger partial charge on any atom is 0.168 e. The lowest BCUT2D eigenvalue weighted by Crippen LogP contribution is -1.97. The summed E-state index contributed by atoms with van der Waals surface area (Å²) in [5.41, 5.74) is 2.49. The zero-order valence-electron chi connectivity index (χ0n) is 8.37. The molecule has 1 aliphatic carbocycles. The van der Waals surface area contributed by atoms with Crippen LogP contribution < -0.4 is 0 Å². The van der Waals surface area contributed by atoms with E-state index in [1.165, 1.54) is 0 Å². The van der Waals surface area contributed by atoms with E-state index < -0.39 is 0 Å². The number of benzene rings is 2. The molecule has 0 heterocycles. The second-order valence-electron chi connectivity index (χ2n) is 4.01. The maximum atomic E-state index is 11.8.